The van der Waals surface area contributed by atoms with Gasteiger partial charge in [0.05, 0.1) is 7.11 Å². The van der Waals surface area contributed by atoms with E-state index < -0.39 is 5.91 Å². The molecule has 2 aromatic rings. The molecule has 0 spiro atoms. The van der Waals surface area contributed by atoms with Gasteiger partial charge < -0.3 is 4.42 Å². The number of carbonyl (C=O) groups excluding carboxylic acids is 1. The molecule has 0 bridgehead atoms. The first-order valence-electron chi connectivity index (χ1n) is 4.90. The first-order valence-corrected chi connectivity index (χ1v) is 4.90. The lowest BCUT2D eigenvalue weighted by Crippen LogP contribution is -2.20. The molecule has 0 radical (unpaired) electrons. The molecule has 0 saturated heterocycles. The van der Waals surface area contributed by atoms with Gasteiger partial charge in [0.1, 0.15) is 11.6 Å². The van der Waals surface area contributed by atoms with Crippen molar-refractivity contribution in [3.05, 3.63) is 48.0 Å². The maximum absolute atomic E-state index is 12.7. The maximum Gasteiger partial charge on any atom is 0.310 e. The molecule has 1 aromatic heterocycles. The molecule has 5 heteroatoms. The van der Waals surface area contributed by atoms with Crippen molar-refractivity contribution in [1.82, 2.24) is 5.48 Å². The Balaban J connectivity index is 2.23. The molecule has 0 saturated carbocycles. The third-order valence-electron chi connectivity index (χ3n) is 2.15. The van der Waals surface area contributed by atoms with Gasteiger partial charge in [-0.25, -0.2) is 9.87 Å². The highest BCUT2D eigenvalue weighted by molar-refractivity contribution is 5.91. The Bertz CT molecular complexity index is 519. The van der Waals surface area contributed by atoms with Crippen LogP contribution in [0.25, 0.3) is 11.3 Å². The minimum absolute atomic E-state index is 0.131. The Labute approximate surface area is 97.0 Å². The second-order valence-electron chi connectivity index (χ2n) is 3.31. The quantitative estimate of drug-likeness (QED) is 0.831. The third kappa shape index (κ3) is 2.51. The van der Waals surface area contributed by atoms with Crippen LogP contribution < -0.4 is 5.48 Å². The molecule has 1 amide bonds. The van der Waals surface area contributed by atoms with Crippen molar-refractivity contribution in [2.24, 2.45) is 0 Å². The predicted octanol–water partition coefficient (Wildman–Crippen LogP) is 2.38. The lowest BCUT2D eigenvalue weighted by molar-refractivity contribution is 0.0510. The van der Waals surface area contributed by atoms with Gasteiger partial charge in [0, 0.05) is 5.56 Å². The summed E-state index contributed by atoms with van der Waals surface area (Å²) in [5.41, 5.74) is 2.84. The van der Waals surface area contributed by atoms with E-state index in [2.05, 4.69) is 10.3 Å². The summed E-state index contributed by atoms with van der Waals surface area (Å²) in [6, 6.07) is 8.96. The Hall–Kier alpha value is -2.14. The van der Waals surface area contributed by atoms with Crippen LogP contribution in [-0.2, 0) is 4.84 Å². The van der Waals surface area contributed by atoms with Gasteiger partial charge in [-0.15, -0.1) is 0 Å². The van der Waals surface area contributed by atoms with Crippen LogP contribution in [0.5, 0.6) is 0 Å². The van der Waals surface area contributed by atoms with Crippen LogP contribution in [0.2, 0.25) is 0 Å². The molecule has 0 aliphatic carbocycles. The number of nitrogens with one attached hydrogen (secondary N) is 1. The van der Waals surface area contributed by atoms with Crippen molar-refractivity contribution in [2.75, 3.05) is 7.11 Å². The van der Waals surface area contributed by atoms with Crippen molar-refractivity contribution in [3.63, 3.8) is 0 Å². The molecule has 1 heterocycles. The lowest BCUT2D eigenvalue weighted by Gasteiger charge is -1.98. The van der Waals surface area contributed by atoms with Crippen LogP contribution in [0.3, 0.4) is 0 Å². The minimum Gasteiger partial charge on any atom is -0.451 e. The number of carbonyl (C=O) groups is 1. The van der Waals surface area contributed by atoms with E-state index in [9.17, 15) is 9.18 Å². The number of rotatable bonds is 3. The number of hydroxylamine groups is 1. The van der Waals surface area contributed by atoms with Crippen molar-refractivity contribution in [3.8, 4) is 11.3 Å². The number of halogens is 1. The molecule has 0 aliphatic heterocycles. The van der Waals surface area contributed by atoms with E-state index in [1.54, 1.807) is 18.2 Å². The second-order valence-corrected chi connectivity index (χ2v) is 3.31. The van der Waals surface area contributed by atoms with Crippen LogP contribution in [0, 0.1) is 5.82 Å². The highest BCUT2D eigenvalue weighted by Crippen LogP contribution is 2.22. The molecule has 0 unspecified atom stereocenters. The highest BCUT2D eigenvalue weighted by atomic mass is 19.1. The average molecular weight is 235 g/mol. The highest BCUT2D eigenvalue weighted by Gasteiger charge is 2.11. The zero-order valence-corrected chi connectivity index (χ0v) is 9.07. The Morgan fingerprint density at radius 1 is 1.24 bits per heavy atom. The Morgan fingerprint density at radius 2 is 1.94 bits per heavy atom. The Kier molecular flexibility index (Phi) is 3.20. The second kappa shape index (κ2) is 4.80. The fourth-order valence-corrected chi connectivity index (χ4v) is 1.37. The fourth-order valence-electron chi connectivity index (χ4n) is 1.37. The number of hydrogen-bond donors (Lipinski definition) is 1. The predicted molar refractivity (Wildman–Crippen MR) is 58.6 cm³/mol. The van der Waals surface area contributed by atoms with Crippen LogP contribution in [0.15, 0.2) is 40.8 Å². The summed E-state index contributed by atoms with van der Waals surface area (Å²) in [4.78, 5) is 15.8. The number of hydrogen-bond acceptors (Lipinski definition) is 3. The zero-order valence-electron chi connectivity index (χ0n) is 9.07. The molecule has 1 aromatic carbocycles. The number of amides is 1. The minimum atomic E-state index is -0.471. The summed E-state index contributed by atoms with van der Waals surface area (Å²) in [5, 5.41) is 0. The molecular formula is C12H10FNO3. The van der Waals surface area contributed by atoms with Gasteiger partial charge in [-0.1, -0.05) is 0 Å². The number of furan rings is 1. The van der Waals surface area contributed by atoms with Gasteiger partial charge in [0.2, 0.25) is 0 Å². The summed E-state index contributed by atoms with van der Waals surface area (Å²) >= 11 is 0. The standard InChI is InChI=1S/C12H10FNO3/c1-16-14-12(15)11-7-6-10(17-11)8-2-4-9(13)5-3-8/h2-7H,1H3,(H,14,15). The summed E-state index contributed by atoms with van der Waals surface area (Å²) in [6.45, 7) is 0. The molecule has 2 rings (SSSR count). The van der Waals surface area contributed by atoms with Crippen LogP contribution in [-0.4, -0.2) is 13.0 Å². The first-order chi connectivity index (χ1) is 8.20. The van der Waals surface area contributed by atoms with E-state index in [-0.39, 0.29) is 11.6 Å². The summed E-state index contributed by atoms with van der Waals surface area (Å²) in [6.07, 6.45) is 0. The van der Waals surface area contributed by atoms with Gasteiger partial charge in [0.25, 0.3) is 0 Å². The molecule has 17 heavy (non-hydrogen) atoms. The van der Waals surface area contributed by atoms with Crippen LogP contribution in [0.1, 0.15) is 10.6 Å². The molecular weight excluding hydrogens is 225 g/mol. The molecule has 4 nitrogen and oxygen atoms in total. The largest absolute Gasteiger partial charge is 0.451 e. The van der Waals surface area contributed by atoms with Gasteiger partial charge in [0.15, 0.2) is 5.76 Å². The van der Waals surface area contributed by atoms with E-state index in [1.165, 1.54) is 25.3 Å². The fraction of sp³-hybridized carbons (Fsp3) is 0.0833. The van der Waals surface area contributed by atoms with Gasteiger partial charge in [-0.2, -0.15) is 0 Å². The molecule has 0 aliphatic rings. The van der Waals surface area contributed by atoms with Crippen LogP contribution >= 0.6 is 0 Å². The molecule has 0 fully saturated rings. The normalized spacial score (nSPS) is 10.2. The topological polar surface area (TPSA) is 51.5 Å². The molecule has 88 valence electrons. The van der Waals surface area contributed by atoms with E-state index in [0.29, 0.717) is 11.3 Å². The monoisotopic (exact) mass is 235 g/mol. The lowest BCUT2D eigenvalue weighted by atomic mass is 10.2. The van der Waals surface area contributed by atoms with Gasteiger partial charge in [-0.05, 0) is 36.4 Å². The van der Waals surface area contributed by atoms with E-state index >= 15 is 0 Å². The van der Waals surface area contributed by atoms with Crippen molar-refractivity contribution in [1.29, 1.82) is 0 Å². The van der Waals surface area contributed by atoms with Gasteiger partial charge in [-0.3, -0.25) is 9.63 Å². The zero-order chi connectivity index (χ0) is 12.3. The third-order valence-corrected chi connectivity index (χ3v) is 2.15. The van der Waals surface area contributed by atoms with Crippen molar-refractivity contribution in [2.45, 2.75) is 0 Å². The summed E-state index contributed by atoms with van der Waals surface area (Å²) in [7, 11) is 1.34. The van der Waals surface area contributed by atoms with E-state index in [0.717, 1.165) is 0 Å². The van der Waals surface area contributed by atoms with Gasteiger partial charge >= 0.3 is 5.91 Å². The maximum atomic E-state index is 12.7. The Morgan fingerprint density at radius 3 is 2.59 bits per heavy atom. The first kappa shape index (κ1) is 11.3. The van der Waals surface area contributed by atoms with E-state index in [1.807, 2.05) is 0 Å². The summed E-state index contributed by atoms with van der Waals surface area (Å²) in [5.74, 6) is -0.170. The van der Waals surface area contributed by atoms with Crippen molar-refractivity contribution < 1.29 is 18.4 Å². The molecule has 0 atom stereocenters. The number of benzene rings is 1. The SMILES string of the molecule is CONC(=O)c1ccc(-c2ccc(F)cc2)o1. The average Bonchev–Trinajstić information content (AvgIpc) is 2.80. The van der Waals surface area contributed by atoms with Crippen LogP contribution in [0.4, 0.5) is 4.39 Å². The molecule has 1 N–H and O–H groups in total. The summed E-state index contributed by atoms with van der Waals surface area (Å²) < 4.78 is 18.0. The van der Waals surface area contributed by atoms with E-state index in [4.69, 9.17) is 4.42 Å². The smallest absolute Gasteiger partial charge is 0.310 e. The van der Waals surface area contributed by atoms with Crippen molar-refractivity contribution >= 4 is 5.91 Å².